The van der Waals surface area contributed by atoms with Crippen molar-refractivity contribution >= 4 is 11.3 Å². The first kappa shape index (κ1) is 12.1. The lowest BCUT2D eigenvalue weighted by Gasteiger charge is -2.41. The van der Waals surface area contributed by atoms with E-state index in [-0.39, 0.29) is 0 Å². The van der Waals surface area contributed by atoms with Crippen LogP contribution < -0.4 is 5.32 Å². The number of thiophene rings is 1. The van der Waals surface area contributed by atoms with E-state index in [1.165, 1.54) is 37.0 Å². The molecule has 0 aromatic carbocycles. The van der Waals surface area contributed by atoms with Gasteiger partial charge in [-0.2, -0.15) is 0 Å². The molecule has 0 spiro atoms. The van der Waals surface area contributed by atoms with Crippen LogP contribution in [0.15, 0.2) is 17.5 Å². The van der Waals surface area contributed by atoms with E-state index in [0.717, 1.165) is 6.54 Å². The molecular formula is C14H23NS. The van der Waals surface area contributed by atoms with Gasteiger partial charge in [0.25, 0.3) is 0 Å². The van der Waals surface area contributed by atoms with Crippen LogP contribution in [0.4, 0.5) is 0 Å². The maximum atomic E-state index is 3.71. The van der Waals surface area contributed by atoms with Crippen molar-refractivity contribution in [2.75, 3.05) is 6.54 Å². The second-order valence-electron chi connectivity index (χ2n) is 5.22. The molecule has 2 rings (SSSR count). The van der Waals surface area contributed by atoms with Gasteiger partial charge in [-0.3, -0.25) is 0 Å². The maximum Gasteiger partial charge on any atom is 0.0469 e. The summed E-state index contributed by atoms with van der Waals surface area (Å²) >= 11 is 1.90. The molecule has 1 aliphatic rings. The Hall–Kier alpha value is -0.340. The zero-order chi connectivity index (χ0) is 11.4. The summed E-state index contributed by atoms with van der Waals surface area (Å²) < 4.78 is 0. The van der Waals surface area contributed by atoms with E-state index in [0.29, 0.717) is 11.5 Å². The second-order valence-corrected chi connectivity index (χ2v) is 6.20. The van der Waals surface area contributed by atoms with E-state index in [1.807, 2.05) is 11.3 Å². The largest absolute Gasteiger partial charge is 0.309 e. The highest BCUT2D eigenvalue weighted by Gasteiger charge is 2.36. The van der Waals surface area contributed by atoms with Gasteiger partial charge in [0.05, 0.1) is 0 Å². The number of rotatable bonds is 4. The maximum absolute atomic E-state index is 3.71. The molecule has 1 heterocycles. The summed E-state index contributed by atoms with van der Waals surface area (Å²) in [5.41, 5.74) is 0.471. The number of hydrogen-bond acceptors (Lipinski definition) is 2. The molecule has 1 saturated carbocycles. The summed E-state index contributed by atoms with van der Waals surface area (Å²) in [5.74, 6) is 0. The Balaban J connectivity index is 2.17. The molecule has 1 atom stereocenters. The molecule has 1 aliphatic carbocycles. The van der Waals surface area contributed by atoms with Crippen molar-refractivity contribution in [3.63, 3.8) is 0 Å². The van der Waals surface area contributed by atoms with Crippen LogP contribution in [0.2, 0.25) is 0 Å². The topological polar surface area (TPSA) is 12.0 Å². The summed E-state index contributed by atoms with van der Waals surface area (Å²) in [6, 6.07) is 5.03. The van der Waals surface area contributed by atoms with Crippen LogP contribution in [-0.2, 0) is 0 Å². The summed E-state index contributed by atoms with van der Waals surface area (Å²) in [7, 11) is 0. The van der Waals surface area contributed by atoms with E-state index >= 15 is 0 Å². The van der Waals surface area contributed by atoms with Crippen LogP contribution in [-0.4, -0.2) is 6.54 Å². The van der Waals surface area contributed by atoms with Crippen LogP contribution in [0, 0.1) is 5.41 Å². The van der Waals surface area contributed by atoms with Gasteiger partial charge in [0.1, 0.15) is 0 Å². The van der Waals surface area contributed by atoms with Gasteiger partial charge in [0.2, 0.25) is 0 Å². The monoisotopic (exact) mass is 237 g/mol. The van der Waals surface area contributed by atoms with Crippen LogP contribution in [0.25, 0.3) is 0 Å². The predicted molar refractivity (Wildman–Crippen MR) is 71.9 cm³/mol. The molecule has 1 fully saturated rings. The van der Waals surface area contributed by atoms with E-state index < -0.39 is 0 Å². The molecule has 0 bridgehead atoms. The minimum atomic E-state index is 0.471. The van der Waals surface area contributed by atoms with Crippen molar-refractivity contribution < 1.29 is 0 Å². The molecule has 1 aromatic rings. The van der Waals surface area contributed by atoms with Crippen molar-refractivity contribution in [2.24, 2.45) is 5.41 Å². The summed E-state index contributed by atoms with van der Waals surface area (Å²) in [5, 5.41) is 5.91. The van der Waals surface area contributed by atoms with Gasteiger partial charge in [-0.05, 0) is 36.2 Å². The van der Waals surface area contributed by atoms with Crippen molar-refractivity contribution in [3.05, 3.63) is 22.4 Å². The normalized spacial score (nSPS) is 21.9. The van der Waals surface area contributed by atoms with Gasteiger partial charge >= 0.3 is 0 Å². The number of hydrogen-bond donors (Lipinski definition) is 1. The highest BCUT2D eigenvalue weighted by molar-refractivity contribution is 7.10. The lowest BCUT2D eigenvalue weighted by molar-refractivity contribution is 0.148. The Morgan fingerprint density at radius 1 is 1.38 bits per heavy atom. The van der Waals surface area contributed by atoms with Crippen LogP contribution in [0.3, 0.4) is 0 Å². The van der Waals surface area contributed by atoms with Gasteiger partial charge in [0, 0.05) is 10.9 Å². The lowest BCUT2D eigenvalue weighted by atomic mass is 9.70. The Morgan fingerprint density at radius 3 is 2.69 bits per heavy atom. The van der Waals surface area contributed by atoms with Gasteiger partial charge in [-0.25, -0.2) is 0 Å². The number of nitrogens with one attached hydrogen (secondary N) is 1. The average Bonchev–Trinajstić information content (AvgIpc) is 2.80. The minimum absolute atomic E-state index is 0.471. The second kappa shape index (κ2) is 5.33. The van der Waals surface area contributed by atoms with E-state index in [9.17, 15) is 0 Å². The molecule has 0 saturated heterocycles. The highest BCUT2D eigenvalue weighted by Crippen LogP contribution is 2.46. The Kier molecular flexibility index (Phi) is 4.04. The molecule has 1 N–H and O–H groups in total. The predicted octanol–water partition coefficient (Wildman–Crippen LogP) is 4.37. The summed E-state index contributed by atoms with van der Waals surface area (Å²) in [4.78, 5) is 1.52. The van der Waals surface area contributed by atoms with Crippen LogP contribution in [0.1, 0.15) is 56.9 Å². The molecule has 0 radical (unpaired) electrons. The van der Waals surface area contributed by atoms with Gasteiger partial charge in [-0.15, -0.1) is 11.3 Å². The molecule has 16 heavy (non-hydrogen) atoms. The van der Waals surface area contributed by atoms with Crippen molar-refractivity contribution in [3.8, 4) is 0 Å². The third-order valence-electron chi connectivity index (χ3n) is 3.93. The standard InChI is InChI=1S/C14H23NS/c1-3-15-13(12-8-7-11-16-12)14(2)9-5-4-6-10-14/h7-8,11,13,15H,3-6,9-10H2,1-2H3. The van der Waals surface area contributed by atoms with E-state index in [1.54, 1.807) is 0 Å². The molecular weight excluding hydrogens is 214 g/mol. The lowest BCUT2D eigenvalue weighted by Crippen LogP contribution is -2.37. The molecule has 2 heteroatoms. The zero-order valence-electron chi connectivity index (χ0n) is 10.5. The first-order valence-corrected chi connectivity index (χ1v) is 7.41. The first-order valence-electron chi connectivity index (χ1n) is 6.53. The molecule has 0 amide bonds. The van der Waals surface area contributed by atoms with E-state index in [4.69, 9.17) is 0 Å². The quantitative estimate of drug-likeness (QED) is 0.820. The fourth-order valence-electron chi connectivity index (χ4n) is 3.00. The van der Waals surface area contributed by atoms with Gasteiger partial charge in [0.15, 0.2) is 0 Å². The van der Waals surface area contributed by atoms with Crippen molar-refractivity contribution in [2.45, 2.75) is 52.0 Å². The van der Waals surface area contributed by atoms with Crippen LogP contribution >= 0.6 is 11.3 Å². The third kappa shape index (κ3) is 2.49. The fraction of sp³-hybridized carbons (Fsp3) is 0.714. The Labute approximate surface area is 103 Å². The molecule has 1 unspecified atom stereocenters. The molecule has 1 nitrogen and oxygen atoms in total. The summed E-state index contributed by atoms with van der Waals surface area (Å²) in [6.45, 7) is 5.75. The first-order chi connectivity index (χ1) is 7.76. The van der Waals surface area contributed by atoms with E-state index in [2.05, 4.69) is 36.7 Å². The highest BCUT2D eigenvalue weighted by atomic mass is 32.1. The molecule has 0 aliphatic heterocycles. The van der Waals surface area contributed by atoms with Crippen molar-refractivity contribution in [1.82, 2.24) is 5.32 Å². The van der Waals surface area contributed by atoms with Gasteiger partial charge in [-0.1, -0.05) is 39.2 Å². The summed E-state index contributed by atoms with van der Waals surface area (Å²) in [6.07, 6.45) is 7.00. The Bertz CT molecular complexity index is 299. The van der Waals surface area contributed by atoms with Crippen molar-refractivity contribution in [1.29, 1.82) is 0 Å². The fourth-order valence-corrected chi connectivity index (χ4v) is 3.97. The Morgan fingerprint density at radius 2 is 2.12 bits per heavy atom. The van der Waals surface area contributed by atoms with Gasteiger partial charge < -0.3 is 5.32 Å². The molecule has 90 valence electrons. The molecule has 1 aromatic heterocycles. The minimum Gasteiger partial charge on any atom is -0.309 e. The third-order valence-corrected chi connectivity index (χ3v) is 4.87. The average molecular weight is 237 g/mol. The zero-order valence-corrected chi connectivity index (χ0v) is 11.3. The SMILES string of the molecule is CCNC(c1cccs1)C1(C)CCCCC1. The van der Waals surface area contributed by atoms with Crippen LogP contribution in [0.5, 0.6) is 0 Å². The smallest absolute Gasteiger partial charge is 0.0469 e.